The number of methoxy groups -OCH3 is 1. The average molecular weight is 259 g/mol. The maximum atomic E-state index is 5.10. The van der Waals surface area contributed by atoms with E-state index >= 15 is 0 Å². The topological polar surface area (TPSA) is 39.1 Å². The zero-order valence-electron chi connectivity index (χ0n) is 11.5. The monoisotopic (exact) mass is 259 g/mol. The Morgan fingerprint density at radius 2 is 2.00 bits per heavy atom. The van der Waals surface area contributed by atoms with Gasteiger partial charge in [0.05, 0.1) is 13.2 Å². The van der Waals surface area contributed by atoms with Gasteiger partial charge >= 0.3 is 0 Å². The molecule has 1 unspecified atom stereocenters. The van der Waals surface area contributed by atoms with Gasteiger partial charge in [0, 0.05) is 32.1 Å². The Hall–Kier alpha value is -1.65. The molecular formula is C15H21N3O. The summed E-state index contributed by atoms with van der Waals surface area (Å²) in [6.45, 7) is 4.59. The minimum absolute atomic E-state index is 0.388. The third kappa shape index (κ3) is 4.50. The van der Waals surface area contributed by atoms with E-state index in [1.165, 1.54) is 11.1 Å². The standard InChI is InChI=1S/C15H21N3O/c1-13(11-18-9-3-8-17-18)16-10-14-4-6-15(7-5-14)12-19-2/h3-9,13,16H,10-12H2,1-2H3. The molecule has 2 aromatic rings. The van der Waals surface area contributed by atoms with E-state index in [0.29, 0.717) is 12.6 Å². The van der Waals surface area contributed by atoms with Gasteiger partial charge in [-0.25, -0.2) is 0 Å². The van der Waals surface area contributed by atoms with E-state index in [1.54, 1.807) is 13.3 Å². The van der Waals surface area contributed by atoms with Gasteiger partial charge in [-0.3, -0.25) is 4.68 Å². The lowest BCUT2D eigenvalue weighted by molar-refractivity contribution is 0.185. The Bertz CT molecular complexity index is 465. The highest BCUT2D eigenvalue weighted by Gasteiger charge is 2.03. The van der Waals surface area contributed by atoms with Crippen LogP contribution in [0.1, 0.15) is 18.1 Å². The Labute approximate surface area is 114 Å². The van der Waals surface area contributed by atoms with E-state index in [1.807, 2.05) is 16.9 Å². The predicted molar refractivity (Wildman–Crippen MR) is 75.7 cm³/mol. The summed E-state index contributed by atoms with van der Waals surface area (Å²) in [5.41, 5.74) is 2.49. The van der Waals surface area contributed by atoms with E-state index in [9.17, 15) is 0 Å². The van der Waals surface area contributed by atoms with E-state index in [-0.39, 0.29) is 0 Å². The van der Waals surface area contributed by atoms with Crippen molar-refractivity contribution in [3.63, 3.8) is 0 Å². The molecule has 1 heterocycles. The van der Waals surface area contributed by atoms with Crippen molar-refractivity contribution in [2.75, 3.05) is 7.11 Å². The van der Waals surface area contributed by atoms with Gasteiger partial charge in [-0.05, 0) is 24.1 Å². The molecule has 4 nitrogen and oxygen atoms in total. The third-order valence-corrected chi connectivity index (χ3v) is 3.01. The summed E-state index contributed by atoms with van der Waals surface area (Å²) >= 11 is 0. The first kappa shape index (κ1) is 13.8. The van der Waals surface area contributed by atoms with Gasteiger partial charge in [-0.1, -0.05) is 24.3 Å². The van der Waals surface area contributed by atoms with Crippen LogP contribution in [0.15, 0.2) is 42.7 Å². The first-order valence-electron chi connectivity index (χ1n) is 6.55. The molecular weight excluding hydrogens is 238 g/mol. The molecule has 0 aliphatic carbocycles. The molecule has 4 heteroatoms. The highest BCUT2D eigenvalue weighted by atomic mass is 16.5. The molecule has 1 N–H and O–H groups in total. The van der Waals surface area contributed by atoms with Crippen molar-refractivity contribution < 1.29 is 4.74 Å². The lowest BCUT2D eigenvalue weighted by Crippen LogP contribution is -2.30. The molecule has 0 bridgehead atoms. The van der Waals surface area contributed by atoms with Crippen molar-refractivity contribution >= 4 is 0 Å². The Morgan fingerprint density at radius 1 is 1.26 bits per heavy atom. The van der Waals surface area contributed by atoms with Crippen LogP contribution in [-0.2, 0) is 24.4 Å². The second kappa shape index (κ2) is 7.07. The van der Waals surface area contributed by atoms with Gasteiger partial charge in [-0.15, -0.1) is 0 Å². The SMILES string of the molecule is COCc1ccc(CNC(C)Cn2cccn2)cc1. The van der Waals surface area contributed by atoms with Gasteiger partial charge in [0.25, 0.3) is 0 Å². The summed E-state index contributed by atoms with van der Waals surface area (Å²) in [4.78, 5) is 0. The van der Waals surface area contributed by atoms with Crippen LogP contribution in [0.4, 0.5) is 0 Å². The average Bonchev–Trinajstić information content (AvgIpc) is 2.91. The zero-order valence-corrected chi connectivity index (χ0v) is 11.5. The number of nitrogens with zero attached hydrogens (tertiary/aromatic N) is 2. The van der Waals surface area contributed by atoms with Crippen LogP contribution < -0.4 is 5.32 Å². The number of aromatic nitrogens is 2. The molecule has 0 radical (unpaired) electrons. The Kier molecular flexibility index (Phi) is 5.12. The number of benzene rings is 1. The quantitative estimate of drug-likeness (QED) is 0.828. The molecule has 0 saturated heterocycles. The minimum atomic E-state index is 0.388. The third-order valence-electron chi connectivity index (χ3n) is 3.01. The Morgan fingerprint density at radius 3 is 2.63 bits per heavy atom. The number of ether oxygens (including phenoxy) is 1. The first-order chi connectivity index (χ1) is 9.28. The first-order valence-corrected chi connectivity index (χ1v) is 6.55. The second-order valence-corrected chi connectivity index (χ2v) is 4.76. The van der Waals surface area contributed by atoms with Gasteiger partial charge < -0.3 is 10.1 Å². The summed E-state index contributed by atoms with van der Waals surface area (Å²) in [5.74, 6) is 0. The second-order valence-electron chi connectivity index (χ2n) is 4.76. The van der Waals surface area contributed by atoms with Gasteiger partial charge in [0.2, 0.25) is 0 Å². The van der Waals surface area contributed by atoms with E-state index < -0.39 is 0 Å². The predicted octanol–water partition coefficient (Wildman–Crippen LogP) is 2.21. The minimum Gasteiger partial charge on any atom is -0.380 e. The lowest BCUT2D eigenvalue weighted by atomic mass is 10.1. The molecule has 1 aromatic heterocycles. The fourth-order valence-electron chi connectivity index (χ4n) is 1.97. The van der Waals surface area contributed by atoms with Crippen molar-refractivity contribution in [1.82, 2.24) is 15.1 Å². The van der Waals surface area contributed by atoms with Crippen LogP contribution >= 0.6 is 0 Å². The molecule has 0 saturated carbocycles. The van der Waals surface area contributed by atoms with Crippen molar-refractivity contribution in [1.29, 1.82) is 0 Å². The molecule has 0 spiro atoms. The van der Waals surface area contributed by atoms with Crippen LogP contribution in [0.25, 0.3) is 0 Å². The summed E-state index contributed by atoms with van der Waals surface area (Å²) in [7, 11) is 1.71. The molecule has 102 valence electrons. The zero-order chi connectivity index (χ0) is 13.5. The fourth-order valence-corrected chi connectivity index (χ4v) is 1.97. The fraction of sp³-hybridized carbons (Fsp3) is 0.400. The molecule has 0 fully saturated rings. The lowest BCUT2D eigenvalue weighted by Gasteiger charge is -2.14. The van der Waals surface area contributed by atoms with Crippen LogP contribution in [0, 0.1) is 0 Å². The number of nitrogens with one attached hydrogen (secondary N) is 1. The Balaban J connectivity index is 1.78. The molecule has 0 amide bonds. The maximum absolute atomic E-state index is 5.10. The highest BCUT2D eigenvalue weighted by molar-refractivity contribution is 5.21. The summed E-state index contributed by atoms with van der Waals surface area (Å²) < 4.78 is 7.04. The molecule has 0 aliphatic rings. The van der Waals surface area contributed by atoms with Crippen molar-refractivity contribution in [2.45, 2.75) is 32.7 Å². The maximum Gasteiger partial charge on any atom is 0.0713 e. The molecule has 1 atom stereocenters. The van der Waals surface area contributed by atoms with Crippen molar-refractivity contribution in [3.05, 3.63) is 53.9 Å². The van der Waals surface area contributed by atoms with Crippen molar-refractivity contribution in [3.8, 4) is 0 Å². The normalized spacial score (nSPS) is 12.5. The van der Waals surface area contributed by atoms with Crippen LogP contribution in [0.3, 0.4) is 0 Å². The largest absolute Gasteiger partial charge is 0.380 e. The van der Waals surface area contributed by atoms with E-state index in [4.69, 9.17) is 4.74 Å². The molecule has 0 aliphatic heterocycles. The van der Waals surface area contributed by atoms with Crippen LogP contribution in [0.2, 0.25) is 0 Å². The van der Waals surface area contributed by atoms with Crippen LogP contribution in [-0.4, -0.2) is 22.9 Å². The summed E-state index contributed by atoms with van der Waals surface area (Å²) in [6, 6.07) is 10.8. The van der Waals surface area contributed by atoms with E-state index in [2.05, 4.69) is 41.6 Å². The molecule has 19 heavy (non-hydrogen) atoms. The van der Waals surface area contributed by atoms with Crippen molar-refractivity contribution in [2.24, 2.45) is 0 Å². The summed E-state index contributed by atoms with van der Waals surface area (Å²) in [6.07, 6.45) is 3.79. The molecule has 2 rings (SSSR count). The van der Waals surface area contributed by atoms with Crippen LogP contribution in [0.5, 0.6) is 0 Å². The number of rotatable bonds is 7. The number of hydrogen-bond acceptors (Lipinski definition) is 3. The smallest absolute Gasteiger partial charge is 0.0713 e. The number of hydrogen-bond donors (Lipinski definition) is 1. The highest BCUT2D eigenvalue weighted by Crippen LogP contribution is 2.05. The van der Waals surface area contributed by atoms with Gasteiger partial charge in [0.15, 0.2) is 0 Å². The van der Waals surface area contributed by atoms with E-state index in [0.717, 1.165) is 13.1 Å². The molecule has 1 aromatic carbocycles. The van der Waals surface area contributed by atoms with Gasteiger partial charge in [-0.2, -0.15) is 5.10 Å². The van der Waals surface area contributed by atoms with Gasteiger partial charge in [0.1, 0.15) is 0 Å². The summed E-state index contributed by atoms with van der Waals surface area (Å²) in [5, 5.41) is 7.70.